The lowest BCUT2D eigenvalue weighted by atomic mass is 10.3. The van der Waals surface area contributed by atoms with Gasteiger partial charge in [-0.3, -0.25) is 9.80 Å². The minimum atomic E-state index is 0.792. The smallest absolute Gasteiger partial charge is 0.0599 e. The molecule has 0 amide bonds. The molecule has 1 heterocycles. The Labute approximate surface area is 93.8 Å². The third-order valence-electron chi connectivity index (χ3n) is 2.80. The Morgan fingerprint density at radius 1 is 1.33 bits per heavy atom. The van der Waals surface area contributed by atoms with E-state index in [1.54, 1.807) is 0 Å². The van der Waals surface area contributed by atoms with Crippen LogP contribution in [0.25, 0.3) is 0 Å². The Hall–Kier alpha value is -0.560. The van der Waals surface area contributed by atoms with Gasteiger partial charge in [0.05, 0.1) is 6.54 Å². The van der Waals surface area contributed by atoms with Crippen LogP contribution in [0.5, 0.6) is 0 Å². The third kappa shape index (κ3) is 5.17. The summed E-state index contributed by atoms with van der Waals surface area (Å²) in [6.45, 7) is 11.0. The molecule has 0 aliphatic carbocycles. The van der Waals surface area contributed by atoms with Gasteiger partial charge in [0.1, 0.15) is 0 Å². The van der Waals surface area contributed by atoms with Crippen LogP contribution in [0.2, 0.25) is 0 Å². The van der Waals surface area contributed by atoms with Crippen LogP contribution in [0.15, 0.2) is 0 Å². The molecule has 0 aromatic heterocycles. The van der Waals surface area contributed by atoms with Crippen LogP contribution in [0, 0.1) is 12.3 Å². The summed E-state index contributed by atoms with van der Waals surface area (Å²) >= 11 is 0. The molecule has 0 atom stereocenters. The lowest BCUT2D eigenvalue weighted by Gasteiger charge is -2.29. The monoisotopic (exact) mass is 209 g/mol. The second-order valence-corrected chi connectivity index (χ2v) is 4.07. The molecule has 0 radical (unpaired) electrons. The molecule has 1 rings (SSSR count). The Bertz CT molecular complexity index is 192. The van der Waals surface area contributed by atoms with Gasteiger partial charge in [0.2, 0.25) is 0 Å². The molecule has 86 valence electrons. The normalized spacial score (nSPS) is 17.9. The summed E-state index contributed by atoms with van der Waals surface area (Å²) in [5.74, 6) is 2.74. The number of nitrogens with zero attached hydrogens (tertiary/aromatic N) is 2. The molecule has 0 aromatic carbocycles. The van der Waals surface area contributed by atoms with Crippen molar-refractivity contribution in [1.82, 2.24) is 15.1 Å². The van der Waals surface area contributed by atoms with E-state index in [1.807, 2.05) is 0 Å². The van der Waals surface area contributed by atoms with E-state index < -0.39 is 0 Å². The maximum atomic E-state index is 5.35. The van der Waals surface area contributed by atoms with E-state index in [2.05, 4.69) is 28.0 Å². The highest BCUT2D eigenvalue weighted by molar-refractivity contribution is 4.88. The van der Waals surface area contributed by atoms with Crippen molar-refractivity contribution in [2.75, 3.05) is 52.4 Å². The molecule has 3 heteroatoms. The zero-order chi connectivity index (χ0) is 10.9. The number of terminal acetylenes is 1. The lowest BCUT2D eigenvalue weighted by molar-refractivity contribution is 0.198. The number of hydrogen-bond donors (Lipinski definition) is 1. The van der Waals surface area contributed by atoms with E-state index in [0.717, 1.165) is 39.3 Å². The molecule has 15 heavy (non-hydrogen) atoms. The van der Waals surface area contributed by atoms with E-state index in [9.17, 15) is 0 Å². The molecule has 1 N–H and O–H groups in total. The van der Waals surface area contributed by atoms with Crippen LogP contribution in [0.4, 0.5) is 0 Å². The van der Waals surface area contributed by atoms with Gasteiger partial charge in [-0.25, -0.2) is 0 Å². The van der Waals surface area contributed by atoms with Crippen LogP contribution in [0.3, 0.4) is 0 Å². The third-order valence-corrected chi connectivity index (χ3v) is 2.80. The molecule has 3 nitrogen and oxygen atoms in total. The molecule has 1 aliphatic heterocycles. The maximum Gasteiger partial charge on any atom is 0.0599 e. The maximum absolute atomic E-state index is 5.35. The molecular weight excluding hydrogens is 186 g/mol. The predicted octanol–water partition coefficient (Wildman–Crippen LogP) is 0.237. The molecule has 1 aliphatic rings. The fourth-order valence-electron chi connectivity index (χ4n) is 1.93. The highest BCUT2D eigenvalue weighted by atomic mass is 15.2. The second kappa shape index (κ2) is 7.70. The average Bonchev–Trinajstić information content (AvgIpc) is 2.28. The van der Waals surface area contributed by atoms with Gasteiger partial charge < -0.3 is 5.32 Å². The Balaban J connectivity index is 2.16. The van der Waals surface area contributed by atoms with Crippen LogP contribution in [0.1, 0.15) is 13.3 Å². The molecule has 0 spiro atoms. The highest BCUT2D eigenvalue weighted by Gasteiger charge is 2.10. The molecule has 1 saturated heterocycles. The van der Waals surface area contributed by atoms with Crippen LogP contribution >= 0.6 is 0 Å². The summed E-state index contributed by atoms with van der Waals surface area (Å²) < 4.78 is 0. The number of piperazine rings is 1. The highest BCUT2D eigenvalue weighted by Crippen LogP contribution is 1.95. The number of hydrogen-bond acceptors (Lipinski definition) is 3. The first-order chi connectivity index (χ1) is 7.36. The van der Waals surface area contributed by atoms with Gasteiger partial charge in [-0.2, -0.15) is 0 Å². The first-order valence-electron chi connectivity index (χ1n) is 5.95. The van der Waals surface area contributed by atoms with Crippen molar-refractivity contribution in [2.45, 2.75) is 13.3 Å². The summed E-state index contributed by atoms with van der Waals surface area (Å²) in [4.78, 5) is 4.87. The first-order valence-corrected chi connectivity index (χ1v) is 5.95. The zero-order valence-electron chi connectivity index (χ0n) is 9.84. The summed E-state index contributed by atoms with van der Waals surface area (Å²) in [7, 11) is 0. The largest absolute Gasteiger partial charge is 0.314 e. The van der Waals surface area contributed by atoms with Crippen LogP contribution in [-0.4, -0.2) is 62.2 Å². The fraction of sp³-hybridized carbons (Fsp3) is 0.833. The predicted molar refractivity (Wildman–Crippen MR) is 64.9 cm³/mol. The molecule has 0 saturated carbocycles. The van der Waals surface area contributed by atoms with Crippen molar-refractivity contribution < 1.29 is 0 Å². The topological polar surface area (TPSA) is 18.5 Å². The van der Waals surface area contributed by atoms with Crippen LogP contribution in [-0.2, 0) is 0 Å². The number of rotatable bonds is 6. The Morgan fingerprint density at radius 2 is 2.07 bits per heavy atom. The summed E-state index contributed by atoms with van der Waals surface area (Å²) in [5.41, 5.74) is 0. The van der Waals surface area contributed by atoms with Gasteiger partial charge in [-0.05, 0) is 13.0 Å². The molecule has 0 unspecified atom stereocenters. The van der Waals surface area contributed by atoms with Gasteiger partial charge in [0.15, 0.2) is 0 Å². The SMILES string of the molecule is C#CCN(CCC)CCN1CCNCC1. The summed E-state index contributed by atoms with van der Waals surface area (Å²) in [5, 5.41) is 3.37. The standard InChI is InChI=1S/C12H23N3/c1-3-7-14(8-4-2)11-12-15-9-5-13-6-10-15/h1,13H,4-12H2,2H3. The summed E-state index contributed by atoms with van der Waals surface area (Å²) in [6.07, 6.45) is 6.54. The first kappa shape index (κ1) is 12.5. The molecule has 0 bridgehead atoms. The molecule has 1 fully saturated rings. The van der Waals surface area contributed by atoms with Crippen molar-refractivity contribution >= 4 is 0 Å². The van der Waals surface area contributed by atoms with Crippen molar-refractivity contribution in [3.63, 3.8) is 0 Å². The molecule has 0 aromatic rings. The second-order valence-electron chi connectivity index (χ2n) is 4.07. The fourth-order valence-corrected chi connectivity index (χ4v) is 1.93. The van der Waals surface area contributed by atoms with E-state index in [1.165, 1.54) is 19.5 Å². The summed E-state index contributed by atoms with van der Waals surface area (Å²) in [6, 6.07) is 0. The number of nitrogens with one attached hydrogen (secondary N) is 1. The van der Waals surface area contributed by atoms with Crippen molar-refractivity contribution in [3.8, 4) is 12.3 Å². The quantitative estimate of drug-likeness (QED) is 0.632. The van der Waals surface area contributed by atoms with E-state index in [0.29, 0.717) is 0 Å². The minimum absolute atomic E-state index is 0.792. The Morgan fingerprint density at radius 3 is 2.67 bits per heavy atom. The van der Waals surface area contributed by atoms with E-state index in [4.69, 9.17) is 6.42 Å². The van der Waals surface area contributed by atoms with Gasteiger partial charge in [0, 0.05) is 39.3 Å². The zero-order valence-corrected chi connectivity index (χ0v) is 9.84. The van der Waals surface area contributed by atoms with Gasteiger partial charge >= 0.3 is 0 Å². The van der Waals surface area contributed by atoms with E-state index in [-0.39, 0.29) is 0 Å². The average molecular weight is 209 g/mol. The Kier molecular flexibility index (Phi) is 6.42. The van der Waals surface area contributed by atoms with Crippen molar-refractivity contribution in [3.05, 3.63) is 0 Å². The van der Waals surface area contributed by atoms with Gasteiger partial charge in [-0.15, -0.1) is 6.42 Å². The van der Waals surface area contributed by atoms with Crippen LogP contribution < -0.4 is 5.32 Å². The van der Waals surface area contributed by atoms with Gasteiger partial charge in [0.25, 0.3) is 0 Å². The van der Waals surface area contributed by atoms with E-state index >= 15 is 0 Å². The van der Waals surface area contributed by atoms with Crippen molar-refractivity contribution in [1.29, 1.82) is 0 Å². The van der Waals surface area contributed by atoms with Crippen molar-refractivity contribution in [2.24, 2.45) is 0 Å². The molecular formula is C12H23N3. The van der Waals surface area contributed by atoms with Gasteiger partial charge in [-0.1, -0.05) is 12.8 Å². The minimum Gasteiger partial charge on any atom is -0.314 e. The lowest BCUT2D eigenvalue weighted by Crippen LogP contribution is -2.46.